The van der Waals surface area contributed by atoms with Crippen LogP contribution in [0, 0.1) is 11.3 Å². The summed E-state index contributed by atoms with van der Waals surface area (Å²) in [4.78, 5) is 27.2. The Labute approximate surface area is 200 Å². The second-order valence-electron chi connectivity index (χ2n) is 6.51. The first kappa shape index (κ1) is 22.1. The van der Waals surface area contributed by atoms with Crippen molar-refractivity contribution >= 4 is 69.1 Å². The summed E-state index contributed by atoms with van der Waals surface area (Å²) >= 11 is 14.6. The predicted molar refractivity (Wildman–Crippen MR) is 131 cm³/mol. The van der Waals surface area contributed by atoms with Crippen LogP contribution in [0.3, 0.4) is 0 Å². The molecule has 0 aliphatic rings. The van der Waals surface area contributed by atoms with Gasteiger partial charge in [-0.15, -0.1) is 22.7 Å². The first-order chi connectivity index (χ1) is 15.5. The lowest BCUT2D eigenvalue weighted by Crippen LogP contribution is -2.32. The average molecular weight is 498 g/mol. The SMILES string of the molecule is N#C/C(C(=O)Nc1cc(Cl)cc(Cl)c1)=c1\s/c(=C/c2cccs2)c(=O)n1-c1ccccc1. The van der Waals surface area contributed by atoms with Gasteiger partial charge in [-0.2, -0.15) is 5.26 Å². The van der Waals surface area contributed by atoms with Gasteiger partial charge in [0.2, 0.25) is 0 Å². The van der Waals surface area contributed by atoms with Crippen LogP contribution in [0.1, 0.15) is 4.88 Å². The van der Waals surface area contributed by atoms with Gasteiger partial charge in [0.15, 0.2) is 5.57 Å². The fourth-order valence-corrected chi connectivity index (χ4v) is 5.33. The molecule has 0 atom stereocenters. The van der Waals surface area contributed by atoms with Gasteiger partial charge in [-0.3, -0.25) is 14.2 Å². The van der Waals surface area contributed by atoms with Gasteiger partial charge in [-0.1, -0.05) is 47.5 Å². The largest absolute Gasteiger partial charge is 0.321 e. The third-order valence-electron chi connectivity index (χ3n) is 4.33. The number of carbonyl (C=O) groups excluding carboxylic acids is 1. The molecule has 1 amide bonds. The number of thiophene rings is 1. The van der Waals surface area contributed by atoms with Gasteiger partial charge in [0.25, 0.3) is 11.5 Å². The molecule has 0 unspecified atom stereocenters. The van der Waals surface area contributed by atoms with E-state index in [9.17, 15) is 14.9 Å². The Balaban J connectivity index is 1.94. The number of hydrogen-bond acceptors (Lipinski definition) is 5. The van der Waals surface area contributed by atoms with Crippen molar-refractivity contribution in [1.29, 1.82) is 5.26 Å². The average Bonchev–Trinajstić information content (AvgIpc) is 3.37. The summed E-state index contributed by atoms with van der Waals surface area (Å²) in [6.07, 6.45) is 1.75. The van der Waals surface area contributed by atoms with E-state index in [0.29, 0.717) is 26.0 Å². The third kappa shape index (κ3) is 4.69. The summed E-state index contributed by atoms with van der Waals surface area (Å²) in [6.45, 7) is 0. The molecule has 4 aromatic rings. The Morgan fingerprint density at radius 1 is 1.06 bits per heavy atom. The Bertz CT molecular complexity index is 1500. The van der Waals surface area contributed by atoms with E-state index in [4.69, 9.17) is 23.2 Å². The van der Waals surface area contributed by atoms with Gasteiger partial charge in [-0.05, 0) is 47.9 Å². The van der Waals surface area contributed by atoms with Crippen LogP contribution >= 0.6 is 45.9 Å². The molecule has 32 heavy (non-hydrogen) atoms. The fourth-order valence-electron chi connectivity index (χ4n) is 2.98. The molecule has 5 nitrogen and oxygen atoms in total. The van der Waals surface area contributed by atoms with Crippen LogP contribution in [-0.2, 0) is 4.79 Å². The number of nitrogens with zero attached hydrogens (tertiary/aromatic N) is 2. The van der Waals surface area contributed by atoms with Crippen LogP contribution in [0.25, 0.3) is 17.3 Å². The highest BCUT2D eigenvalue weighted by atomic mass is 35.5. The first-order valence-corrected chi connectivity index (χ1v) is 11.7. The highest BCUT2D eigenvalue weighted by Crippen LogP contribution is 2.22. The number of carbonyl (C=O) groups is 1. The summed E-state index contributed by atoms with van der Waals surface area (Å²) in [5, 5.41) is 15.1. The van der Waals surface area contributed by atoms with E-state index in [1.54, 1.807) is 30.3 Å². The molecule has 2 aromatic heterocycles. The quantitative estimate of drug-likeness (QED) is 0.453. The van der Waals surface area contributed by atoms with Crippen LogP contribution < -0.4 is 20.1 Å². The zero-order valence-corrected chi connectivity index (χ0v) is 19.4. The summed E-state index contributed by atoms with van der Waals surface area (Å²) in [6, 6.07) is 19.2. The second kappa shape index (κ2) is 9.55. The number of aromatic nitrogens is 1. The predicted octanol–water partition coefficient (Wildman–Crippen LogP) is 4.41. The summed E-state index contributed by atoms with van der Waals surface area (Å²) < 4.78 is 2.03. The molecule has 0 aliphatic carbocycles. The van der Waals surface area contributed by atoms with E-state index in [1.807, 2.05) is 29.6 Å². The second-order valence-corrected chi connectivity index (χ2v) is 9.39. The molecule has 0 bridgehead atoms. The van der Waals surface area contributed by atoms with Gasteiger partial charge < -0.3 is 5.32 Å². The van der Waals surface area contributed by atoms with Crippen molar-refractivity contribution in [2.45, 2.75) is 0 Å². The molecule has 0 spiro atoms. The zero-order chi connectivity index (χ0) is 22.7. The van der Waals surface area contributed by atoms with Crippen molar-refractivity contribution in [3.8, 4) is 11.8 Å². The van der Waals surface area contributed by atoms with Gasteiger partial charge in [0.1, 0.15) is 10.7 Å². The molecule has 0 aliphatic heterocycles. The molecule has 0 fully saturated rings. The monoisotopic (exact) mass is 497 g/mol. The highest BCUT2D eigenvalue weighted by molar-refractivity contribution is 7.11. The highest BCUT2D eigenvalue weighted by Gasteiger charge is 2.17. The number of rotatable bonds is 4. The van der Waals surface area contributed by atoms with E-state index in [1.165, 1.54) is 34.1 Å². The summed E-state index contributed by atoms with van der Waals surface area (Å²) in [7, 11) is 0. The maximum absolute atomic E-state index is 13.3. The standard InChI is InChI=1S/C23H13Cl2N3O2S2/c24-14-9-15(25)11-16(10-14)27-21(29)19(13-26)23-28(17-5-2-1-3-6-17)22(30)20(32-23)12-18-7-4-8-31-18/h1-12H,(H,27,29)/b20-12+,23-19+. The van der Waals surface area contributed by atoms with Gasteiger partial charge in [0, 0.05) is 20.6 Å². The van der Waals surface area contributed by atoms with Crippen molar-refractivity contribution in [1.82, 2.24) is 4.57 Å². The van der Waals surface area contributed by atoms with Gasteiger partial charge in [-0.25, -0.2) is 0 Å². The topological polar surface area (TPSA) is 74.9 Å². The molecule has 1 N–H and O–H groups in total. The number of amides is 1. The smallest absolute Gasteiger partial charge is 0.273 e. The minimum atomic E-state index is -0.667. The number of benzene rings is 2. The number of halogens is 2. The molecule has 4 rings (SSSR count). The number of thiazole rings is 1. The van der Waals surface area contributed by atoms with E-state index in [0.717, 1.165) is 16.2 Å². The summed E-state index contributed by atoms with van der Waals surface area (Å²) in [5.41, 5.74) is 0.394. The molecular formula is C23H13Cl2N3O2S2. The maximum atomic E-state index is 13.3. The van der Waals surface area contributed by atoms with Crippen LogP contribution in [0.5, 0.6) is 0 Å². The van der Waals surface area contributed by atoms with Crippen molar-refractivity contribution in [2.24, 2.45) is 0 Å². The van der Waals surface area contributed by atoms with Crippen molar-refractivity contribution < 1.29 is 4.79 Å². The van der Waals surface area contributed by atoms with E-state index in [-0.39, 0.29) is 15.8 Å². The maximum Gasteiger partial charge on any atom is 0.273 e. The Morgan fingerprint density at radius 3 is 2.41 bits per heavy atom. The number of nitriles is 1. The lowest BCUT2D eigenvalue weighted by molar-refractivity contribution is -0.111. The van der Waals surface area contributed by atoms with Crippen molar-refractivity contribution in [3.05, 3.63) is 101 Å². The van der Waals surface area contributed by atoms with Crippen LogP contribution in [-0.4, -0.2) is 10.5 Å². The van der Waals surface area contributed by atoms with Crippen LogP contribution in [0.2, 0.25) is 10.0 Å². The molecule has 0 radical (unpaired) electrons. The Morgan fingerprint density at radius 2 is 1.78 bits per heavy atom. The van der Waals surface area contributed by atoms with E-state index >= 15 is 0 Å². The number of para-hydroxylation sites is 1. The van der Waals surface area contributed by atoms with E-state index in [2.05, 4.69) is 5.32 Å². The van der Waals surface area contributed by atoms with Gasteiger partial charge >= 0.3 is 0 Å². The Hall–Kier alpha value is -3.15. The normalized spacial score (nSPS) is 12.3. The molecule has 0 saturated carbocycles. The molecule has 158 valence electrons. The molecule has 2 heterocycles. The molecular weight excluding hydrogens is 485 g/mol. The number of nitrogens with one attached hydrogen (secondary N) is 1. The lowest BCUT2D eigenvalue weighted by Gasteiger charge is -2.06. The molecule has 0 saturated heterocycles. The number of hydrogen-bond donors (Lipinski definition) is 1. The fraction of sp³-hybridized carbons (Fsp3) is 0. The minimum Gasteiger partial charge on any atom is -0.321 e. The molecule has 2 aromatic carbocycles. The van der Waals surface area contributed by atoms with Crippen molar-refractivity contribution in [3.63, 3.8) is 0 Å². The van der Waals surface area contributed by atoms with Crippen LogP contribution in [0.15, 0.2) is 70.8 Å². The zero-order valence-electron chi connectivity index (χ0n) is 16.2. The van der Waals surface area contributed by atoms with Gasteiger partial charge in [0.05, 0.1) is 10.2 Å². The third-order valence-corrected chi connectivity index (χ3v) is 6.68. The first-order valence-electron chi connectivity index (χ1n) is 9.20. The Kier molecular flexibility index (Phi) is 6.58. The minimum absolute atomic E-state index is 0.196. The van der Waals surface area contributed by atoms with E-state index < -0.39 is 5.91 Å². The van der Waals surface area contributed by atoms with Crippen LogP contribution in [0.4, 0.5) is 5.69 Å². The summed E-state index contributed by atoms with van der Waals surface area (Å²) in [5.74, 6) is -0.667. The van der Waals surface area contributed by atoms with Crippen molar-refractivity contribution in [2.75, 3.05) is 5.32 Å². The number of anilines is 1. The molecule has 9 heteroatoms. The lowest BCUT2D eigenvalue weighted by atomic mass is 10.2.